The minimum absolute atomic E-state index is 0.241. The molecular formula is C11H21NO. The Kier molecular flexibility index (Phi) is 2.61. The fourth-order valence-electron chi connectivity index (χ4n) is 3.24. The molecule has 2 atom stereocenters. The number of hydrogen-bond donors (Lipinski definition) is 2. The summed E-state index contributed by atoms with van der Waals surface area (Å²) in [4.78, 5) is 0. The minimum Gasteiger partial charge on any atom is -0.396 e. The summed E-state index contributed by atoms with van der Waals surface area (Å²) < 4.78 is 0. The third-order valence-corrected chi connectivity index (χ3v) is 4.27. The number of aliphatic hydroxyl groups is 1. The average molecular weight is 183 g/mol. The third kappa shape index (κ3) is 1.50. The van der Waals surface area contributed by atoms with E-state index in [-0.39, 0.29) is 5.54 Å². The van der Waals surface area contributed by atoms with Crippen LogP contribution in [-0.2, 0) is 0 Å². The molecule has 0 bridgehead atoms. The first kappa shape index (κ1) is 9.47. The standard InChI is InChI=1S/C11H21NO/c1-11(9-4-2-3-5-9)10(8-13)6-7-12-11/h9-10,12-13H,2-8H2,1H3. The molecule has 0 aromatic carbocycles. The minimum atomic E-state index is 0.241. The molecule has 2 aliphatic rings. The molecule has 13 heavy (non-hydrogen) atoms. The van der Waals surface area contributed by atoms with Gasteiger partial charge in [-0.1, -0.05) is 12.8 Å². The van der Waals surface area contributed by atoms with Crippen LogP contribution in [0, 0.1) is 11.8 Å². The van der Waals surface area contributed by atoms with Crippen LogP contribution < -0.4 is 5.32 Å². The zero-order chi connectivity index (χ0) is 9.31. The summed E-state index contributed by atoms with van der Waals surface area (Å²) in [5.74, 6) is 1.31. The SMILES string of the molecule is CC1(C2CCCC2)NCCC1CO. The zero-order valence-corrected chi connectivity index (χ0v) is 8.55. The lowest BCUT2D eigenvalue weighted by atomic mass is 9.76. The summed E-state index contributed by atoms with van der Waals surface area (Å²) in [7, 11) is 0. The van der Waals surface area contributed by atoms with Crippen LogP contribution in [-0.4, -0.2) is 23.8 Å². The van der Waals surface area contributed by atoms with Crippen LogP contribution in [0.1, 0.15) is 39.0 Å². The topological polar surface area (TPSA) is 32.3 Å². The quantitative estimate of drug-likeness (QED) is 0.680. The van der Waals surface area contributed by atoms with E-state index in [9.17, 15) is 5.11 Å². The van der Waals surface area contributed by atoms with Crippen molar-refractivity contribution in [2.45, 2.75) is 44.6 Å². The molecular weight excluding hydrogens is 162 g/mol. The number of hydrogen-bond acceptors (Lipinski definition) is 2. The Bertz CT molecular complexity index is 177. The van der Waals surface area contributed by atoms with E-state index in [0.29, 0.717) is 12.5 Å². The second-order valence-electron chi connectivity index (χ2n) is 4.86. The maximum atomic E-state index is 9.32. The summed E-state index contributed by atoms with van der Waals surface area (Å²) >= 11 is 0. The molecule has 0 aromatic heterocycles. The Labute approximate surface area is 80.7 Å². The van der Waals surface area contributed by atoms with Crippen molar-refractivity contribution < 1.29 is 5.11 Å². The Morgan fingerprint density at radius 2 is 2.00 bits per heavy atom. The number of rotatable bonds is 2. The fourth-order valence-corrected chi connectivity index (χ4v) is 3.24. The maximum absolute atomic E-state index is 9.32. The van der Waals surface area contributed by atoms with Crippen molar-refractivity contribution in [2.24, 2.45) is 11.8 Å². The lowest BCUT2D eigenvalue weighted by molar-refractivity contribution is 0.126. The smallest absolute Gasteiger partial charge is 0.0477 e. The second-order valence-corrected chi connectivity index (χ2v) is 4.86. The number of nitrogens with one attached hydrogen (secondary N) is 1. The molecule has 2 nitrogen and oxygen atoms in total. The molecule has 1 aliphatic carbocycles. The van der Waals surface area contributed by atoms with Crippen molar-refractivity contribution in [3.8, 4) is 0 Å². The molecule has 1 saturated carbocycles. The summed E-state index contributed by atoms with van der Waals surface area (Å²) in [5.41, 5.74) is 0.241. The van der Waals surface area contributed by atoms with Gasteiger partial charge >= 0.3 is 0 Å². The van der Waals surface area contributed by atoms with Gasteiger partial charge < -0.3 is 10.4 Å². The van der Waals surface area contributed by atoms with E-state index in [1.807, 2.05) is 0 Å². The highest BCUT2D eigenvalue weighted by molar-refractivity contribution is 5.01. The van der Waals surface area contributed by atoms with Gasteiger partial charge in [0.15, 0.2) is 0 Å². The molecule has 0 spiro atoms. The molecule has 1 saturated heterocycles. The second kappa shape index (κ2) is 3.58. The summed E-state index contributed by atoms with van der Waals surface area (Å²) in [6, 6.07) is 0. The summed E-state index contributed by atoms with van der Waals surface area (Å²) in [6.45, 7) is 3.77. The number of aliphatic hydroxyl groups excluding tert-OH is 1. The first-order chi connectivity index (χ1) is 6.27. The zero-order valence-electron chi connectivity index (χ0n) is 8.55. The molecule has 2 rings (SSSR count). The fraction of sp³-hybridized carbons (Fsp3) is 1.00. The largest absolute Gasteiger partial charge is 0.396 e. The van der Waals surface area contributed by atoms with Crippen LogP contribution in [0.2, 0.25) is 0 Å². The van der Waals surface area contributed by atoms with E-state index >= 15 is 0 Å². The molecule has 1 aliphatic heterocycles. The molecule has 2 unspecified atom stereocenters. The molecule has 2 N–H and O–H groups in total. The van der Waals surface area contributed by atoms with E-state index < -0.39 is 0 Å². The molecule has 76 valence electrons. The van der Waals surface area contributed by atoms with Gasteiger partial charge in [0, 0.05) is 18.1 Å². The molecule has 2 fully saturated rings. The Hall–Kier alpha value is -0.0800. The van der Waals surface area contributed by atoms with Crippen LogP contribution in [0.3, 0.4) is 0 Å². The van der Waals surface area contributed by atoms with E-state index in [1.54, 1.807) is 0 Å². The molecule has 0 amide bonds. The van der Waals surface area contributed by atoms with Gasteiger partial charge in [-0.05, 0) is 38.6 Å². The average Bonchev–Trinajstić information content (AvgIpc) is 2.72. The third-order valence-electron chi connectivity index (χ3n) is 4.27. The van der Waals surface area contributed by atoms with Gasteiger partial charge in [0.25, 0.3) is 0 Å². The predicted molar refractivity (Wildman–Crippen MR) is 53.6 cm³/mol. The molecule has 0 aromatic rings. The van der Waals surface area contributed by atoms with Crippen molar-refractivity contribution in [1.82, 2.24) is 5.32 Å². The predicted octanol–water partition coefficient (Wildman–Crippen LogP) is 1.54. The van der Waals surface area contributed by atoms with Crippen molar-refractivity contribution in [3.05, 3.63) is 0 Å². The Morgan fingerprint density at radius 3 is 2.62 bits per heavy atom. The lowest BCUT2D eigenvalue weighted by Crippen LogP contribution is -2.48. The highest BCUT2D eigenvalue weighted by Crippen LogP contribution is 2.41. The van der Waals surface area contributed by atoms with Gasteiger partial charge in [0.1, 0.15) is 0 Å². The highest BCUT2D eigenvalue weighted by Gasteiger charge is 2.44. The first-order valence-electron chi connectivity index (χ1n) is 5.63. The van der Waals surface area contributed by atoms with Crippen molar-refractivity contribution >= 4 is 0 Å². The molecule has 1 heterocycles. The van der Waals surface area contributed by atoms with Crippen LogP contribution in [0.5, 0.6) is 0 Å². The van der Waals surface area contributed by atoms with Gasteiger partial charge in [-0.25, -0.2) is 0 Å². The van der Waals surface area contributed by atoms with Crippen molar-refractivity contribution in [2.75, 3.05) is 13.2 Å². The van der Waals surface area contributed by atoms with E-state index in [1.165, 1.54) is 25.7 Å². The van der Waals surface area contributed by atoms with Crippen LogP contribution in [0.25, 0.3) is 0 Å². The Morgan fingerprint density at radius 1 is 1.31 bits per heavy atom. The maximum Gasteiger partial charge on any atom is 0.0477 e. The van der Waals surface area contributed by atoms with E-state index in [0.717, 1.165) is 18.9 Å². The van der Waals surface area contributed by atoms with E-state index in [4.69, 9.17) is 0 Å². The van der Waals surface area contributed by atoms with E-state index in [2.05, 4.69) is 12.2 Å². The lowest BCUT2D eigenvalue weighted by Gasteiger charge is -2.37. The molecule has 0 radical (unpaired) electrons. The monoisotopic (exact) mass is 183 g/mol. The van der Waals surface area contributed by atoms with Gasteiger partial charge in [0.2, 0.25) is 0 Å². The Balaban J connectivity index is 2.07. The van der Waals surface area contributed by atoms with Gasteiger partial charge in [-0.3, -0.25) is 0 Å². The van der Waals surface area contributed by atoms with Crippen molar-refractivity contribution in [1.29, 1.82) is 0 Å². The van der Waals surface area contributed by atoms with Crippen LogP contribution in [0.15, 0.2) is 0 Å². The van der Waals surface area contributed by atoms with Gasteiger partial charge in [0.05, 0.1) is 0 Å². The van der Waals surface area contributed by atoms with Gasteiger partial charge in [-0.2, -0.15) is 0 Å². The molecule has 2 heteroatoms. The van der Waals surface area contributed by atoms with Crippen LogP contribution in [0.4, 0.5) is 0 Å². The highest BCUT2D eigenvalue weighted by atomic mass is 16.3. The van der Waals surface area contributed by atoms with Crippen LogP contribution >= 0.6 is 0 Å². The van der Waals surface area contributed by atoms with Crippen molar-refractivity contribution in [3.63, 3.8) is 0 Å². The normalized spacial score (nSPS) is 41.5. The van der Waals surface area contributed by atoms with Gasteiger partial charge in [-0.15, -0.1) is 0 Å². The first-order valence-corrected chi connectivity index (χ1v) is 5.63. The summed E-state index contributed by atoms with van der Waals surface area (Å²) in [5, 5.41) is 12.9. The summed E-state index contributed by atoms with van der Waals surface area (Å²) in [6.07, 6.45) is 6.66.